The van der Waals surface area contributed by atoms with Crippen LogP contribution in [0.2, 0.25) is 0 Å². The Morgan fingerprint density at radius 1 is 0.645 bits per heavy atom. The molecule has 0 bridgehead atoms. The average Bonchev–Trinajstić information content (AvgIpc) is 3.57. The van der Waals surface area contributed by atoms with Gasteiger partial charge in [-0.1, -0.05) is 75.4 Å². The van der Waals surface area contributed by atoms with Gasteiger partial charge in [0.1, 0.15) is 0 Å². The van der Waals surface area contributed by atoms with Gasteiger partial charge in [-0.25, -0.2) is 0 Å². The summed E-state index contributed by atoms with van der Waals surface area (Å²) in [5, 5.41) is 7.08. The number of nitrogens with zero attached hydrogens (tertiary/aromatic N) is 1. The van der Waals surface area contributed by atoms with Crippen molar-refractivity contribution in [1.82, 2.24) is 4.57 Å². The van der Waals surface area contributed by atoms with Gasteiger partial charge in [0, 0.05) is 38.1 Å². The molecule has 0 aliphatic rings. The van der Waals surface area contributed by atoms with Crippen molar-refractivity contribution in [2.24, 2.45) is 0 Å². The highest BCUT2D eigenvalue weighted by Gasteiger charge is 2.13. The zero-order valence-corrected chi connectivity index (χ0v) is 19.8. The number of thiophene rings is 2. The van der Waals surface area contributed by atoms with E-state index in [-0.39, 0.29) is 0 Å². The Kier molecular flexibility index (Phi) is 6.24. The van der Waals surface area contributed by atoms with Gasteiger partial charge < -0.3 is 4.57 Å². The molecule has 0 radical (unpaired) electrons. The first-order valence-corrected chi connectivity index (χ1v) is 13.2. The molecule has 0 amide bonds. The van der Waals surface area contributed by atoms with Gasteiger partial charge in [0.2, 0.25) is 0 Å². The molecule has 2 aromatic carbocycles. The molecule has 3 heteroatoms. The first-order chi connectivity index (χ1) is 15.3. The average molecular weight is 444 g/mol. The Morgan fingerprint density at radius 2 is 1.19 bits per heavy atom. The van der Waals surface area contributed by atoms with E-state index in [1.807, 2.05) is 22.7 Å². The normalized spacial score (nSPS) is 11.6. The zero-order chi connectivity index (χ0) is 21.0. The van der Waals surface area contributed by atoms with E-state index in [1.165, 1.54) is 81.2 Å². The highest BCUT2D eigenvalue weighted by molar-refractivity contribution is 7.13. The van der Waals surface area contributed by atoms with Crippen molar-refractivity contribution in [2.75, 3.05) is 0 Å². The van der Waals surface area contributed by atoms with Crippen LogP contribution < -0.4 is 0 Å². The number of fused-ring (bicyclic) bond motifs is 3. The summed E-state index contributed by atoms with van der Waals surface area (Å²) in [6, 6.07) is 22.8. The molecule has 0 N–H and O–H groups in total. The lowest BCUT2D eigenvalue weighted by atomic mass is 10.1. The highest BCUT2D eigenvalue weighted by Crippen LogP contribution is 2.36. The number of rotatable bonds is 9. The molecule has 5 aromatic rings. The maximum atomic E-state index is 2.58. The molecular weight excluding hydrogens is 414 g/mol. The van der Waals surface area contributed by atoms with E-state index in [0.29, 0.717) is 0 Å². The van der Waals surface area contributed by atoms with E-state index in [1.54, 1.807) is 0 Å². The summed E-state index contributed by atoms with van der Waals surface area (Å²) in [5.74, 6) is 0. The summed E-state index contributed by atoms with van der Waals surface area (Å²) in [6.45, 7) is 3.38. The van der Waals surface area contributed by atoms with Crippen LogP contribution in [0.25, 0.3) is 42.7 Å². The minimum atomic E-state index is 1.09. The van der Waals surface area contributed by atoms with E-state index in [4.69, 9.17) is 0 Å². The summed E-state index contributed by atoms with van der Waals surface area (Å²) in [4.78, 5) is 2.69. The van der Waals surface area contributed by atoms with Gasteiger partial charge in [0.05, 0.1) is 0 Å². The maximum absolute atomic E-state index is 2.58. The fraction of sp³-hybridized carbons (Fsp3) is 0.286. The van der Waals surface area contributed by atoms with Crippen molar-refractivity contribution in [3.63, 3.8) is 0 Å². The van der Waals surface area contributed by atoms with Crippen LogP contribution in [-0.2, 0) is 6.54 Å². The van der Waals surface area contributed by atoms with Gasteiger partial charge in [0.15, 0.2) is 0 Å². The Bertz CT molecular complexity index is 1170. The smallest absolute Gasteiger partial charge is 0.0497 e. The summed E-state index contributed by atoms with van der Waals surface area (Å²) < 4.78 is 2.58. The molecule has 158 valence electrons. The van der Waals surface area contributed by atoms with E-state index in [9.17, 15) is 0 Å². The number of hydrogen-bond acceptors (Lipinski definition) is 2. The quantitative estimate of drug-likeness (QED) is 0.200. The second-order valence-corrected chi connectivity index (χ2v) is 10.2. The lowest BCUT2D eigenvalue weighted by Gasteiger charge is -2.09. The zero-order valence-electron chi connectivity index (χ0n) is 18.1. The molecule has 31 heavy (non-hydrogen) atoms. The first kappa shape index (κ1) is 20.5. The molecule has 0 saturated carbocycles. The molecule has 0 fully saturated rings. The molecular formula is C28H29NS2. The maximum Gasteiger partial charge on any atom is 0.0497 e. The van der Waals surface area contributed by atoms with Crippen molar-refractivity contribution >= 4 is 44.5 Å². The van der Waals surface area contributed by atoms with Crippen LogP contribution in [0, 0.1) is 0 Å². The fourth-order valence-electron chi connectivity index (χ4n) is 4.58. The van der Waals surface area contributed by atoms with Crippen molar-refractivity contribution in [2.45, 2.75) is 52.0 Å². The lowest BCUT2D eigenvalue weighted by molar-refractivity contribution is 0.571. The van der Waals surface area contributed by atoms with Crippen LogP contribution in [-0.4, -0.2) is 4.57 Å². The van der Waals surface area contributed by atoms with Gasteiger partial charge in [-0.2, -0.15) is 0 Å². The number of aromatic nitrogens is 1. The summed E-state index contributed by atoms with van der Waals surface area (Å²) in [6.07, 6.45) is 7.96. The Hall–Kier alpha value is -2.36. The van der Waals surface area contributed by atoms with Gasteiger partial charge in [-0.3, -0.25) is 0 Å². The van der Waals surface area contributed by atoms with Gasteiger partial charge in [-0.15, -0.1) is 22.7 Å². The highest BCUT2D eigenvalue weighted by atomic mass is 32.1. The van der Waals surface area contributed by atoms with Crippen molar-refractivity contribution in [3.05, 3.63) is 71.4 Å². The number of aryl methyl sites for hydroxylation is 1. The summed E-state index contributed by atoms with van der Waals surface area (Å²) in [5.41, 5.74) is 5.40. The van der Waals surface area contributed by atoms with E-state index >= 15 is 0 Å². The molecule has 0 aliphatic carbocycles. The molecule has 3 heterocycles. The van der Waals surface area contributed by atoms with Gasteiger partial charge in [-0.05, 0) is 52.6 Å². The van der Waals surface area contributed by atoms with Crippen LogP contribution in [0.1, 0.15) is 45.4 Å². The van der Waals surface area contributed by atoms with Gasteiger partial charge in [0.25, 0.3) is 0 Å². The molecule has 0 aliphatic heterocycles. The Morgan fingerprint density at radius 3 is 1.71 bits per heavy atom. The van der Waals surface area contributed by atoms with Crippen molar-refractivity contribution in [1.29, 1.82) is 0 Å². The molecule has 3 aromatic heterocycles. The predicted molar refractivity (Wildman–Crippen MR) is 139 cm³/mol. The van der Waals surface area contributed by atoms with E-state index in [2.05, 4.69) is 82.9 Å². The number of hydrogen-bond donors (Lipinski definition) is 0. The van der Waals surface area contributed by atoms with Crippen LogP contribution >= 0.6 is 22.7 Å². The van der Waals surface area contributed by atoms with Crippen LogP contribution in [0.4, 0.5) is 0 Å². The topological polar surface area (TPSA) is 4.93 Å². The number of benzene rings is 2. The molecule has 0 saturated heterocycles. The van der Waals surface area contributed by atoms with Crippen LogP contribution in [0.3, 0.4) is 0 Å². The third-order valence-electron chi connectivity index (χ3n) is 6.21. The van der Waals surface area contributed by atoms with Crippen molar-refractivity contribution in [3.8, 4) is 20.9 Å². The molecule has 5 rings (SSSR count). The molecule has 0 spiro atoms. The molecule has 0 atom stereocenters. The molecule has 1 nitrogen and oxygen atoms in total. The third-order valence-corrected chi connectivity index (χ3v) is 8.05. The lowest BCUT2D eigenvalue weighted by Crippen LogP contribution is -1.98. The fourth-order valence-corrected chi connectivity index (χ4v) is 6.03. The minimum Gasteiger partial charge on any atom is -0.340 e. The predicted octanol–water partition coefficient (Wildman–Crippen LogP) is 9.61. The third kappa shape index (κ3) is 4.22. The van der Waals surface area contributed by atoms with E-state index in [0.717, 1.165) is 6.54 Å². The summed E-state index contributed by atoms with van der Waals surface area (Å²) >= 11 is 3.64. The van der Waals surface area contributed by atoms with E-state index < -0.39 is 0 Å². The SMILES string of the molecule is CCCCCCCCn1c2cc(-c3cccs3)ccc2c2ccc(-c3cccs3)cc21. The summed E-state index contributed by atoms with van der Waals surface area (Å²) in [7, 11) is 0. The Balaban J connectivity index is 1.56. The monoisotopic (exact) mass is 443 g/mol. The Labute approximate surface area is 193 Å². The second-order valence-electron chi connectivity index (χ2n) is 8.34. The standard InChI is InChI=1S/C28H29NS2/c1-2-3-4-5-6-7-16-29-25-19-21(27-10-8-17-30-27)12-14-23(25)24-15-13-22(20-26(24)29)28-11-9-18-31-28/h8-15,17-20H,2-7,16H2,1H3. The largest absolute Gasteiger partial charge is 0.340 e. The van der Waals surface area contributed by atoms with Crippen LogP contribution in [0.5, 0.6) is 0 Å². The second kappa shape index (κ2) is 9.42. The van der Waals surface area contributed by atoms with Gasteiger partial charge >= 0.3 is 0 Å². The number of unbranched alkanes of at least 4 members (excludes halogenated alkanes) is 5. The van der Waals surface area contributed by atoms with Crippen LogP contribution in [0.15, 0.2) is 71.4 Å². The first-order valence-electron chi connectivity index (χ1n) is 11.5. The van der Waals surface area contributed by atoms with Crippen molar-refractivity contribution < 1.29 is 0 Å². The minimum absolute atomic E-state index is 1.09. The molecule has 0 unspecified atom stereocenters.